The fourth-order valence-corrected chi connectivity index (χ4v) is 2.13. The fourth-order valence-electron chi connectivity index (χ4n) is 2.13. The predicted molar refractivity (Wildman–Crippen MR) is 86.8 cm³/mol. The Morgan fingerprint density at radius 1 is 1.25 bits per heavy atom. The number of nitrogens with zero attached hydrogens (tertiary/aromatic N) is 1. The highest BCUT2D eigenvalue weighted by Gasteiger charge is 2.13. The molecule has 0 radical (unpaired) electrons. The van der Waals surface area contributed by atoms with Gasteiger partial charge >= 0.3 is 0 Å². The van der Waals surface area contributed by atoms with Crippen LogP contribution in [0.4, 0.5) is 0 Å². The maximum atomic E-state index is 11.8. The van der Waals surface area contributed by atoms with Gasteiger partial charge in [-0.3, -0.25) is 9.69 Å². The number of carbonyl (C=O) groups excluding carboxylic acids is 1. The molecule has 1 aliphatic heterocycles. The summed E-state index contributed by atoms with van der Waals surface area (Å²) in [6, 6.07) is 8.14. The highest BCUT2D eigenvalue weighted by molar-refractivity contribution is 5.85. The van der Waals surface area contributed by atoms with Gasteiger partial charge in [0.15, 0.2) is 0 Å². The lowest BCUT2D eigenvalue weighted by Gasteiger charge is -2.26. The van der Waals surface area contributed by atoms with Crippen LogP contribution < -0.4 is 10.6 Å². The minimum absolute atomic E-state index is 0. The van der Waals surface area contributed by atoms with Gasteiger partial charge in [0, 0.05) is 32.7 Å². The monoisotopic (exact) mass is 319 g/mol. The lowest BCUT2D eigenvalue weighted by atomic mass is 10.1. The molecular weight excluding hydrogens is 297 g/mol. The van der Waals surface area contributed by atoms with Crippen molar-refractivity contribution in [3.63, 3.8) is 0 Å². The first-order valence-corrected chi connectivity index (χ1v) is 6.50. The van der Waals surface area contributed by atoms with Crippen molar-refractivity contribution in [1.29, 1.82) is 0 Å². The number of rotatable bonds is 4. The lowest BCUT2D eigenvalue weighted by molar-refractivity contribution is -0.122. The molecule has 6 heteroatoms. The van der Waals surface area contributed by atoms with Gasteiger partial charge in [-0.25, -0.2) is 0 Å². The number of halogens is 2. The Kier molecular flexibility index (Phi) is 9.59. The van der Waals surface area contributed by atoms with Crippen LogP contribution in [0.1, 0.15) is 11.1 Å². The van der Waals surface area contributed by atoms with Crippen molar-refractivity contribution < 1.29 is 4.79 Å². The maximum absolute atomic E-state index is 11.8. The molecule has 1 saturated heterocycles. The normalized spacial score (nSPS) is 14.8. The molecule has 1 aromatic rings. The second-order valence-corrected chi connectivity index (χ2v) is 4.73. The molecule has 4 nitrogen and oxygen atoms in total. The van der Waals surface area contributed by atoms with Gasteiger partial charge in [0.25, 0.3) is 0 Å². The Hall–Kier alpha value is -0.810. The van der Waals surface area contributed by atoms with Crippen LogP contribution in [0.25, 0.3) is 0 Å². The number of carbonyl (C=O) groups is 1. The number of nitrogens with one attached hydrogen (secondary N) is 2. The second-order valence-electron chi connectivity index (χ2n) is 4.73. The number of hydrogen-bond acceptors (Lipinski definition) is 3. The molecule has 0 aliphatic carbocycles. The van der Waals surface area contributed by atoms with E-state index in [1.54, 1.807) is 0 Å². The van der Waals surface area contributed by atoms with Crippen molar-refractivity contribution in [3.8, 4) is 0 Å². The van der Waals surface area contributed by atoms with Gasteiger partial charge in [0.1, 0.15) is 0 Å². The van der Waals surface area contributed by atoms with E-state index in [-0.39, 0.29) is 30.7 Å². The number of hydrogen-bond donors (Lipinski definition) is 2. The third-order valence-electron chi connectivity index (χ3n) is 3.31. The summed E-state index contributed by atoms with van der Waals surface area (Å²) in [5.41, 5.74) is 2.41. The van der Waals surface area contributed by atoms with Crippen LogP contribution in [0.2, 0.25) is 0 Å². The molecule has 0 aromatic heterocycles. The van der Waals surface area contributed by atoms with Crippen LogP contribution in [0.3, 0.4) is 0 Å². The van der Waals surface area contributed by atoms with Gasteiger partial charge in [0.05, 0.1) is 6.54 Å². The van der Waals surface area contributed by atoms with Crippen molar-refractivity contribution in [2.24, 2.45) is 0 Å². The average Bonchev–Trinajstić information content (AvgIpc) is 2.39. The topological polar surface area (TPSA) is 44.4 Å². The van der Waals surface area contributed by atoms with Gasteiger partial charge in [-0.1, -0.05) is 24.3 Å². The Morgan fingerprint density at radius 3 is 2.55 bits per heavy atom. The molecule has 1 aromatic carbocycles. The zero-order valence-corrected chi connectivity index (χ0v) is 13.4. The van der Waals surface area contributed by atoms with E-state index >= 15 is 0 Å². The highest BCUT2D eigenvalue weighted by atomic mass is 35.5. The summed E-state index contributed by atoms with van der Waals surface area (Å²) in [6.07, 6.45) is 0. The third-order valence-corrected chi connectivity index (χ3v) is 3.31. The standard InChI is InChI=1S/C14H21N3O.2ClH/c1-12-4-2-3-5-13(12)10-16-14(18)11-17-8-6-15-7-9-17;;/h2-5,15H,6-11H2,1H3,(H,16,18);2*1H. The highest BCUT2D eigenvalue weighted by Crippen LogP contribution is 2.05. The molecular formula is C14H23Cl2N3O. The molecule has 0 saturated carbocycles. The van der Waals surface area contributed by atoms with E-state index < -0.39 is 0 Å². The van der Waals surface area contributed by atoms with E-state index in [1.165, 1.54) is 11.1 Å². The van der Waals surface area contributed by atoms with Crippen LogP contribution in [0.15, 0.2) is 24.3 Å². The summed E-state index contributed by atoms with van der Waals surface area (Å²) in [4.78, 5) is 14.0. The van der Waals surface area contributed by atoms with Gasteiger partial charge in [-0.2, -0.15) is 0 Å². The van der Waals surface area contributed by atoms with E-state index in [0.29, 0.717) is 13.1 Å². The SMILES string of the molecule is Cc1ccccc1CNC(=O)CN1CCNCC1.Cl.Cl. The Morgan fingerprint density at radius 2 is 1.90 bits per heavy atom. The largest absolute Gasteiger partial charge is 0.351 e. The Bertz CT molecular complexity index is 409. The van der Waals surface area contributed by atoms with Crippen molar-refractivity contribution in [3.05, 3.63) is 35.4 Å². The lowest BCUT2D eigenvalue weighted by Crippen LogP contribution is -2.47. The van der Waals surface area contributed by atoms with E-state index in [9.17, 15) is 4.79 Å². The summed E-state index contributed by atoms with van der Waals surface area (Å²) in [7, 11) is 0. The first kappa shape index (κ1) is 19.2. The molecule has 1 aliphatic rings. The van der Waals surface area contributed by atoms with Crippen LogP contribution in [-0.4, -0.2) is 43.5 Å². The van der Waals surface area contributed by atoms with Gasteiger partial charge < -0.3 is 10.6 Å². The molecule has 1 fully saturated rings. The minimum atomic E-state index is 0. The smallest absolute Gasteiger partial charge is 0.234 e. The van der Waals surface area contributed by atoms with Crippen molar-refractivity contribution in [2.75, 3.05) is 32.7 Å². The van der Waals surface area contributed by atoms with E-state index in [0.717, 1.165) is 26.2 Å². The van der Waals surface area contributed by atoms with E-state index in [4.69, 9.17) is 0 Å². The summed E-state index contributed by atoms with van der Waals surface area (Å²) in [6.45, 7) is 7.06. The number of aryl methyl sites for hydroxylation is 1. The second kappa shape index (κ2) is 10.00. The van der Waals surface area contributed by atoms with Crippen LogP contribution >= 0.6 is 24.8 Å². The van der Waals surface area contributed by atoms with E-state index in [1.807, 2.05) is 12.1 Å². The molecule has 114 valence electrons. The van der Waals surface area contributed by atoms with Crippen LogP contribution in [0, 0.1) is 6.92 Å². The average molecular weight is 320 g/mol. The summed E-state index contributed by atoms with van der Waals surface area (Å²) in [5, 5.41) is 6.27. The van der Waals surface area contributed by atoms with Gasteiger partial charge in [-0.05, 0) is 18.1 Å². The zero-order valence-electron chi connectivity index (χ0n) is 11.7. The van der Waals surface area contributed by atoms with Gasteiger partial charge in [-0.15, -0.1) is 24.8 Å². The Balaban J connectivity index is 0.00000180. The number of benzene rings is 1. The van der Waals surface area contributed by atoms with E-state index in [2.05, 4.69) is 34.6 Å². The molecule has 0 spiro atoms. The summed E-state index contributed by atoms with van der Waals surface area (Å²) in [5.74, 6) is 0.111. The first-order valence-electron chi connectivity index (χ1n) is 6.50. The summed E-state index contributed by atoms with van der Waals surface area (Å²) < 4.78 is 0. The molecule has 0 atom stereocenters. The molecule has 20 heavy (non-hydrogen) atoms. The molecule has 0 unspecified atom stereocenters. The zero-order chi connectivity index (χ0) is 12.8. The van der Waals surface area contributed by atoms with Gasteiger partial charge in [0.2, 0.25) is 5.91 Å². The van der Waals surface area contributed by atoms with Crippen molar-refractivity contribution >= 4 is 30.7 Å². The molecule has 1 heterocycles. The fraction of sp³-hybridized carbons (Fsp3) is 0.500. The quantitative estimate of drug-likeness (QED) is 0.880. The molecule has 2 rings (SSSR count). The predicted octanol–water partition coefficient (Wildman–Crippen LogP) is 1.36. The first-order chi connectivity index (χ1) is 8.75. The number of piperazine rings is 1. The maximum Gasteiger partial charge on any atom is 0.234 e. The Labute approximate surface area is 133 Å². The summed E-state index contributed by atoms with van der Waals surface area (Å²) >= 11 is 0. The van der Waals surface area contributed by atoms with Crippen molar-refractivity contribution in [2.45, 2.75) is 13.5 Å². The third kappa shape index (κ3) is 6.09. The van der Waals surface area contributed by atoms with Crippen molar-refractivity contribution in [1.82, 2.24) is 15.5 Å². The minimum Gasteiger partial charge on any atom is -0.351 e. The van der Waals surface area contributed by atoms with Crippen LogP contribution in [0.5, 0.6) is 0 Å². The molecule has 1 amide bonds. The number of amides is 1. The van der Waals surface area contributed by atoms with Crippen LogP contribution in [-0.2, 0) is 11.3 Å². The molecule has 2 N–H and O–H groups in total. The molecule has 0 bridgehead atoms.